The molecule has 3 aromatic rings. The van der Waals surface area contributed by atoms with Crippen molar-refractivity contribution in [3.63, 3.8) is 0 Å². The Morgan fingerprint density at radius 3 is 3.00 bits per heavy atom. The summed E-state index contributed by atoms with van der Waals surface area (Å²) in [4.78, 5) is 19.9. The van der Waals surface area contributed by atoms with Crippen LogP contribution >= 0.6 is 0 Å². The van der Waals surface area contributed by atoms with Crippen molar-refractivity contribution < 1.29 is 4.74 Å². The highest BCUT2D eigenvalue weighted by Gasteiger charge is 2.23. The fourth-order valence-corrected chi connectivity index (χ4v) is 3.41. The number of hydrogen-bond acceptors (Lipinski definition) is 5. The van der Waals surface area contributed by atoms with E-state index in [-0.39, 0.29) is 6.04 Å². The van der Waals surface area contributed by atoms with E-state index in [1.54, 1.807) is 0 Å². The number of unbranched alkanes of at least 4 members (excludes halogenated alkanes) is 1. The molecule has 0 unspecified atom stereocenters. The number of rotatable bonds is 5. The molecule has 0 aliphatic carbocycles. The summed E-state index contributed by atoms with van der Waals surface area (Å²) in [5.41, 5.74) is 2.14. The second-order valence-corrected chi connectivity index (χ2v) is 6.84. The Balaban J connectivity index is 1.80. The van der Waals surface area contributed by atoms with Gasteiger partial charge in [0.15, 0.2) is 5.82 Å². The third kappa shape index (κ3) is 3.29. The first kappa shape index (κ1) is 17.0. The molecule has 136 valence electrons. The molecule has 0 spiro atoms. The van der Waals surface area contributed by atoms with Gasteiger partial charge in [-0.3, -0.25) is 0 Å². The molecular weight excluding hydrogens is 326 g/mol. The lowest BCUT2D eigenvalue weighted by Gasteiger charge is -2.33. The number of ether oxygens (including phenoxy) is 1. The Morgan fingerprint density at radius 1 is 1.23 bits per heavy atom. The molecule has 1 aliphatic heterocycles. The predicted octanol–water partition coefficient (Wildman–Crippen LogP) is 3.59. The summed E-state index contributed by atoms with van der Waals surface area (Å²) < 4.78 is 5.57. The van der Waals surface area contributed by atoms with Gasteiger partial charge in [0.05, 0.1) is 19.3 Å². The summed E-state index contributed by atoms with van der Waals surface area (Å²) in [6, 6.07) is 8.55. The summed E-state index contributed by atoms with van der Waals surface area (Å²) in [6.45, 7) is 6.57. The predicted molar refractivity (Wildman–Crippen MR) is 103 cm³/mol. The number of aromatic amines is 1. The van der Waals surface area contributed by atoms with E-state index < -0.39 is 0 Å². The molecule has 0 radical (unpaired) electrons. The van der Waals surface area contributed by atoms with Crippen LogP contribution in [0.3, 0.4) is 0 Å². The summed E-state index contributed by atoms with van der Waals surface area (Å²) >= 11 is 0. The zero-order valence-corrected chi connectivity index (χ0v) is 15.4. The van der Waals surface area contributed by atoms with Crippen molar-refractivity contribution in [1.29, 1.82) is 0 Å². The van der Waals surface area contributed by atoms with Crippen LogP contribution in [0.5, 0.6) is 0 Å². The molecule has 1 aromatic carbocycles. The Labute approximate surface area is 153 Å². The van der Waals surface area contributed by atoms with Crippen molar-refractivity contribution >= 4 is 16.9 Å². The Kier molecular flexibility index (Phi) is 4.84. The Bertz CT molecular complexity index is 891. The summed E-state index contributed by atoms with van der Waals surface area (Å²) in [6.07, 6.45) is 5.03. The molecule has 2 aromatic heterocycles. The molecule has 26 heavy (non-hydrogen) atoms. The third-order valence-corrected chi connectivity index (χ3v) is 4.88. The quantitative estimate of drug-likeness (QED) is 0.761. The molecule has 1 aliphatic rings. The molecule has 1 fully saturated rings. The molecule has 0 amide bonds. The highest BCUT2D eigenvalue weighted by molar-refractivity contribution is 5.93. The number of anilines is 1. The monoisotopic (exact) mass is 351 g/mol. The van der Waals surface area contributed by atoms with Crippen LogP contribution in [0.15, 0.2) is 30.5 Å². The van der Waals surface area contributed by atoms with Crippen LogP contribution in [-0.2, 0) is 11.2 Å². The van der Waals surface area contributed by atoms with E-state index >= 15 is 0 Å². The van der Waals surface area contributed by atoms with Gasteiger partial charge in [0.25, 0.3) is 0 Å². The van der Waals surface area contributed by atoms with Gasteiger partial charge < -0.3 is 14.6 Å². The largest absolute Gasteiger partial charge is 0.377 e. The standard InChI is InChI=1S/C20H25N5O/c1-3-4-8-18-22-19(16-6-5-7-17-15(16)9-10-21-17)24-20(23-18)25-11-12-26-13-14(25)2/h5-7,9-10,14,21H,3-4,8,11-13H2,1-2H3/t14-/m1/s1. The van der Waals surface area contributed by atoms with Crippen molar-refractivity contribution in [2.45, 2.75) is 39.2 Å². The summed E-state index contributed by atoms with van der Waals surface area (Å²) in [5.74, 6) is 2.40. The second-order valence-electron chi connectivity index (χ2n) is 6.84. The van der Waals surface area contributed by atoms with E-state index in [0.717, 1.165) is 59.9 Å². The van der Waals surface area contributed by atoms with Crippen LogP contribution in [0.1, 0.15) is 32.5 Å². The van der Waals surface area contributed by atoms with Crippen LogP contribution in [0.2, 0.25) is 0 Å². The molecule has 6 heteroatoms. The van der Waals surface area contributed by atoms with Gasteiger partial charge in [-0.2, -0.15) is 9.97 Å². The van der Waals surface area contributed by atoms with Crippen LogP contribution in [0, 0.1) is 0 Å². The van der Waals surface area contributed by atoms with Crippen LogP contribution in [-0.4, -0.2) is 45.7 Å². The maximum Gasteiger partial charge on any atom is 0.229 e. The molecule has 6 nitrogen and oxygen atoms in total. The van der Waals surface area contributed by atoms with Crippen molar-refractivity contribution in [2.24, 2.45) is 0 Å². The maximum absolute atomic E-state index is 5.57. The van der Waals surface area contributed by atoms with Gasteiger partial charge in [0.2, 0.25) is 5.95 Å². The normalized spacial score (nSPS) is 17.8. The van der Waals surface area contributed by atoms with Crippen molar-refractivity contribution in [1.82, 2.24) is 19.9 Å². The van der Waals surface area contributed by atoms with Gasteiger partial charge in [-0.05, 0) is 25.5 Å². The average molecular weight is 351 g/mol. The van der Waals surface area contributed by atoms with Gasteiger partial charge in [-0.15, -0.1) is 0 Å². The number of aryl methyl sites for hydroxylation is 1. The lowest BCUT2D eigenvalue weighted by molar-refractivity contribution is 0.0980. The molecule has 1 atom stereocenters. The van der Waals surface area contributed by atoms with E-state index in [4.69, 9.17) is 19.7 Å². The first-order valence-corrected chi connectivity index (χ1v) is 9.42. The molecule has 0 saturated carbocycles. The maximum atomic E-state index is 5.57. The smallest absolute Gasteiger partial charge is 0.229 e. The molecular formula is C20H25N5O. The van der Waals surface area contributed by atoms with E-state index in [2.05, 4.69) is 41.9 Å². The van der Waals surface area contributed by atoms with Gasteiger partial charge in [-0.25, -0.2) is 4.98 Å². The zero-order chi connectivity index (χ0) is 17.9. The number of aromatic nitrogens is 4. The van der Waals surface area contributed by atoms with Gasteiger partial charge in [-0.1, -0.05) is 25.5 Å². The second kappa shape index (κ2) is 7.41. The molecule has 0 bridgehead atoms. The number of nitrogens with zero attached hydrogens (tertiary/aromatic N) is 4. The minimum atomic E-state index is 0.265. The van der Waals surface area contributed by atoms with Crippen LogP contribution in [0.4, 0.5) is 5.95 Å². The van der Waals surface area contributed by atoms with E-state index in [1.165, 1.54) is 0 Å². The van der Waals surface area contributed by atoms with Gasteiger partial charge >= 0.3 is 0 Å². The fourth-order valence-electron chi connectivity index (χ4n) is 3.41. The number of H-pyrrole nitrogens is 1. The minimum Gasteiger partial charge on any atom is -0.377 e. The molecule has 1 N–H and O–H groups in total. The minimum absolute atomic E-state index is 0.265. The van der Waals surface area contributed by atoms with Gasteiger partial charge in [0, 0.05) is 35.6 Å². The zero-order valence-electron chi connectivity index (χ0n) is 15.4. The van der Waals surface area contributed by atoms with Crippen LogP contribution < -0.4 is 4.90 Å². The molecule has 1 saturated heterocycles. The highest BCUT2D eigenvalue weighted by Crippen LogP contribution is 2.27. The Morgan fingerprint density at radius 2 is 2.15 bits per heavy atom. The Hall–Kier alpha value is -2.47. The summed E-state index contributed by atoms with van der Waals surface area (Å²) in [7, 11) is 0. The highest BCUT2D eigenvalue weighted by atomic mass is 16.5. The van der Waals surface area contributed by atoms with E-state index in [0.29, 0.717) is 13.2 Å². The van der Waals surface area contributed by atoms with E-state index in [1.807, 2.05) is 12.3 Å². The van der Waals surface area contributed by atoms with Gasteiger partial charge in [0.1, 0.15) is 5.82 Å². The molecule has 4 rings (SSSR count). The number of morpholine rings is 1. The third-order valence-electron chi connectivity index (χ3n) is 4.88. The van der Waals surface area contributed by atoms with Crippen molar-refractivity contribution in [2.75, 3.05) is 24.7 Å². The van der Waals surface area contributed by atoms with Crippen molar-refractivity contribution in [3.05, 3.63) is 36.3 Å². The van der Waals surface area contributed by atoms with E-state index in [9.17, 15) is 0 Å². The molecule has 3 heterocycles. The first-order valence-electron chi connectivity index (χ1n) is 9.42. The lowest BCUT2D eigenvalue weighted by atomic mass is 10.1. The fraction of sp³-hybridized carbons (Fsp3) is 0.450. The topological polar surface area (TPSA) is 66.9 Å². The number of benzene rings is 1. The number of fused-ring (bicyclic) bond motifs is 1. The number of nitrogens with one attached hydrogen (secondary N) is 1. The number of hydrogen-bond donors (Lipinski definition) is 1. The lowest BCUT2D eigenvalue weighted by Crippen LogP contribution is -2.44. The first-order chi connectivity index (χ1) is 12.8. The average Bonchev–Trinajstić information content (AvgIpc) is 3.15. The van der Waals surface area contributed by atoms with Crippen molar-refractivity contribution in [3.8, 4) is 11.4 Å². The van der Waals surface area contributed by atoms with Crippen LogP contribution in [0.25, 0.3) is 22.3 Å². The SMILES string of the molecule is CCCCc1nc(-c2cccc3[nH]ccc23)nc(N2CCOC[C@H]2C)n1. The summed E-state index contributed by atoms with van der Waals surface area (Å²) in [5, 5.41) is 1.14.